The molecule has 0 amide bonds. The van der Waals surface area contributed by atoms with Gasteiger partial charge in [0.15, 0.2) is 0 Å². The summed E-state index contributed by atoms with van der Waals surface area (Å²) in [4.78, 5) is 8.02. The molecule has 2 rings (SSSR count). The molecule has 0 saturated heterocycles. The number of hydrogen-bond acceptors (Lipinski definition) is 2. The predicted molar refractivity (Wildman–Crippen MR) is 90.1 cm³/mol. The van der Waals surface area contributed by atoms with E-state index in [0.29, 0.717) is 0 Å². The van der Waals surface area contributed by atoms with Gasteiger partial charge in [-0.1, -0.05) is 33.8 Å². The molecule has 0 bridgehead atoms. The van der Waals surface area contributed by atoms with E-state index in [-0.39, 0.29) is 0 Å². The van der Waals surface area contributed by atoms with Gasteiger partial charge in [0.1, 0.15) is 0 Å². The van der Waals surface area contributed by atoms with E-state index in [9.17, 15) is 0 Å². The van der Waals surface area contributed by atoms with Crippen molar-refractivity contribution in [2.24, 2.45) is 0 Å². The summed E-state index contributed by atoms with van der Waals surface area (Å²) in [5.74, 6) is 0. The fraction of sp³-hybridized carbons (Fsp3) is 0.444. The lowest BCUT2D eigenvalue weighted by Crippen LogP contribution is -1.81. The number of rotatable bonds is 0. The topological polar surface area (TPSA) is 25.8 Å². The monoisotopic (exact) mass is 274 g/mol. The van der Waals surface area contributed by atoms with Crippen molar-refractivity contribution in [2.45, 2.75) is 55.4 Å². The van der Waals surface area contributed by atoms with Crippen molar-refractivity contribution in [3.63, 3.8) is 0 Å². The van der Waals surface area contributed by atoms with Gasteiger partial charge in [0.25, 0.3) is 0 Å². The van der Waals surface area contributed by atoms with Gasteiger partial charge >= 0.3 is 0 Å². The standard InChI is InChI=1S/2C7H9N.2C2H6/c1-6-3-4-8-5-7(6)2;1-6-4-3-5-8-7(6)2;2*1-2/h2*3-5H,1-2H3;2*1-2H3. The Morgan fingerprint density at radius 1 is 0.700 bits per heavy atom. The van der Waals surface area contributed by atoms with Crippen LogP contribution in [0.1, 0.15) is 50.1 Å². The highest BCUT2D eigenvalue weighted by atomic mass is 14.7. The number of hydrogen-bond donors (Lipinski definition) is 0. The minimum absolute atomic E-state index is 1.12. The summed E-state index contributed by atoms with van der Waals surface area (Å²) >= 11 is 0. The maximum absolute atomic E-state index is 4.08. The summed E-state index contributed by atoms with van der Waals surface area (Å²) < 4.78 is 0. The molecule has 0 aromatic carbocycles. The highest BCUT2D eigenvalue weighted by molar-refractivity contribution is 5.18. The molecule has 112 valence electrons. The summed E-state index contributed by atoms with van der Waals surface area (Å²) in [6.07, 6.45) is 5.49. The van der Waals surface area contributed by atoms with Crippen molar-refractivity contribution in [1.82, 2.24) is 9.97 Å². The van der Waals surface area contributed by atoms with Crippen LogP contribution in [-0.4, -0.2) is 9.97 Å². The molecule has 0 spiro atoms. The fourth-order valence-corrected chi connectivity index (χ4v) is 1.11. The molecule has 2 nitrogen and oxygen atoms in total. The molecule has 0 radical (unpaired) electrons. The smallest absolute Gasteiger partial charge is 0.0401 e. The van der Waals surface area contributed by atoms with Crippen LogP contribution in [0.4, 0.5) is 0 Å². The second kappa shape index (κ2) is 13.7. The Hall–Kier alpha value is -1.70. The first-order valence-corrected chi connectivity index (χ1v) is 7.36. The van der Waals surface area contributed by atoms with Crippen LogP contribution in [-0.2, 0) is 0 Å². The Labute approximate surface area is 125 Å². The molecular weight excluding hydrogens is 244 g/mol. The van der Waals surface area contributed by atoms with E-state index in [1.165, 1.54) is 16.7 Å². The van der Waals surface area contributed by atoms with E-state index in [1.54, 1.807) is 0 Å². The van der Waals surface area contributed by atoms with E-state index < -0.39 is 0 Å². The van der Waals surface area contributed by atoms with Crippen molar-refractivity contribution in [3.8, 4) is 0 Å². The fourth-order valence-electron chi connectivity index (χ4n) is 1.11. The molecule has 0 N–H and O–H groups in total. The molecule has 2 aromatic rings. The first-order chi connectivity index (χ1) is 9.61. The van der Waals surface area contributed by atoms with Crippen LogP contribution in [0.5, 0.6) is 0 Å². The van der Waals surface area contributed by atoms with Crippen molar-refractivity contribution >= 4 is 0 Å². The largest absolute Gasteiger partial charge is 0.264 e. The first-order valence-electron chi connectivity index (χ1n) is 7.36. The third-order valence-corrected chi connectivity index (χ3v) is 2.57. The Morgan fingerprint density at radius 2 is 1.30 bits per heavy atom. The number of aromatic nitrogens is 2. The van der Waals surface area contributed by atoms with Gasteiger partial charge in [0.2, 0.25) is 0 Å². The Kier molecular flexibility index (Phi) is 14.1. The third-order valence-electron chi connectivity index (χ3n) is 2.57. The number of aryl methyl sites for hydroxylation is 4. The molecule has 0 fully saturated rings. The van der Waals surface area contributed by atoms with Gasteiger partial charge in [-0.25, -0.2) is 0 Å². The zero-order valence-corrected chi connectivity index (χ0v) is 14.4. The zero-order chi connectivity index (χ0) is 16.0. The minimum Gasteiger partial charge on any atom is -0.264 e. The van der Waals surface area contributed by atoms with Crippen LogP contribution in [0.25, 0.3) is 0 Å². The van der Waals surface area contributed by atoms with Crippen molar-refractivity contribution in [2.75, 3.05) is 0 Å². The van der Waals surface area contributed by atoms with Crippen molar-refractivity contribution < 1.29 is 0 Å². The van der Waals surface area contributed by atoms with Crippen LogP contribution in [0, 0.1) is 27.7 Å². The first kappa shape index (κ1) is 20.6. The van der Waals surface area contributed by atoms with E-state index in [2.05, 4.69) is 36.8 Å². The van der Waals surface area contributed by atoms with E-state index in [4.69, 9.17) is 0 Å². The summed E-state index contributed by atoms with van der Waals surface area (Å²) in [6, 6.07) is 6.01. The second-order valence-corrected chi connectivity index (χ2v) is 3.87. The van der Waals surface area contributed by atoms with Crippen LogP contribution in [0.3, 0.4) is 0 Å². The summed E-state index contributed by atoms with van der Waals surface area (Å²) in [5, 5.41) is 0. The SMILES string of the molecule is CC.CC.Cc1cccnc1C.Cc1ccncc1C. The Balaban J connectivity index is 0. The molecule has 0 aliphatic rings. The Bertz CT molecular complexity index is 365. The average Bonchev–Trinajstić information content (AvgIpc) is 2.50. The van der Waals surface area contributed by atoms with E-state index >= 15 is 0 Å². The van der Waals surface area contributed by atoms with Crippen LogP contribution in [0.15, 0.2) is 36.8 Å². The lowest BCUT2D eigenvalue weighted by atomic mass is 10.2. The summed E-state index contributed by atoms with van der Waals surface area (Å²) in [7, 11) is 0. The van der Waals surface area contributed by atoms with Gasteiger partial charge in [0.05, 0.1) is 0 Å². The third kappa shape index (κ3) is 9.26. The molecule has 2 aromatic heterocycles. The number of nitrogens with zero attached hydrogens (tertiary/aromatic N) is 2. The molecule has 0 saturated carbocycles. The molecule has 2 heterocycles. The van der Waals surface area contributed by atoms with Crippen molar-refractivity contribution in [3.05, 3.63) is 59.2 Å². The van der Waals surface area contributed by atoms with E-state index in [0.717, 1.165) is 5.69 Å². The maximum atomic E-state index is 4.08. The van der Waals surface area contributed by atoms with Gasteiger partial charge in [0, 0.05) is 24.3 Å². The molecular formula is C18H30N2. The molecule has 0 atom stereocenters. The molecule has 20 heavy (non-hydrogen) atoms. The second-order valence-electron chi connectivity index (χ2n) is 3.87. The highest BCUT2D eigenvalue weighted by Crippen LogP contribution is 2.00. The molecule has 0 unspecified atom stereocenters. The van der Waals surface area contributed by atoms with Gasteiger partial charge in [-0.15, -0.1) is 0 Å². The molecule has 2 heteroatoms. The molecule has 0 aliphatic heterocycles. The van der Waals surface area contributed by atoms with E-state index in [1.807, 2.05) is 65.3 Å². The predicted octanol–water partition coefficient (Wildman–Crippen LogP) is 5.45. The minimum atomic E-state index is 1.12. The maximum Gasteiger partial charge on any atom is 0.0401 e. The zero-order valence-electron chi connectivity index (χ0n) is 14.4. The van der Waals surface area contributed by atoms with Crippen LogP contribution < -0.4 is 0 Å². The quantitative estimate of drug-likeness (QED) is 0.638. The van der Waals surface area contributed by atoms with Crippen LogP contribution in [0.2, 0.25) is 0 Å². The lowest BCUT2D eigenvalue weighted by molar-refractivity contribution is 1.15. The number of pyridine rings is 2. The summed E-state index contributed by atoms with van der Waals surface area (Å²) in [6.45, 7) is 16.2. The van der Waals surface area contributed by atoms with Gasteiger partial charge < -0.3 is 0 Å². The summed E-state index contributed by atoms with van der Waals surface area (Å²) in [5.41, 5.74) is 4.94. The van der Waals surface area contributed by atoms with Gasteiger partial charge in [-0.05, 0) is 56.5 Å². The van der Waals surface area contributed by atoms with Gasteiger partial charge in [-0.2, -0.15) is 0 Å². The average molecular weight is 274 g/mol. The van der Waals surface area contributed by atoms with Crippen molar-refractivity contribution in [1.29, 1.82) is 0 Å². The normalized spacial score (nSPS) is 8.00. The lowest BCUT2D eigenvalue weighted by Gasteiger charge is -1.92. The molecule has 0 aliphatic carbocycles. The van der Waals surface area contributed by atoms with Gasteiger partial charge in [-0.3, -0.25) is 9.97 Å². The Morgan fingerprint density at radius 3 is 1.60 bits per heavy atom. The highest BCUT2D eigenvalue weighted by Gasteiger charge is 1.86. The van der Waals surface area contributed by atoms with Crippen LogP contribution >= 0.6 is 0 Å².